The average molecular weight is 398 g/mol. The van der Waals surface area contributed by atoms with E-state index in [0.29, 0.717) is 0 Å². The number of hydrogen-bond acceptors (Lipinski definition) is 3. The van der Waals surface area contributed by atoms with E-state index in [2.05, 4.69) is 24.4 Å². The molecule has 0 aliphatic rings. The SMILES string of the molecule is CCCCCCCC/C=C\CCCCCCCCCCCCCNCC(O)O. The molecule has 0 fully saturated rings. The predicted octanol–water partition coefficient (Wildman–Crippen LogP) is 6.87. The molecule has 0 aliphatic carbocycles. The van der Waals surface area contributed by atoms with E-state index in [-0.39, 0.29) is 6.54 Å². The highest BCUT2D eigenvalue weighted by molar-refractivity contribution is 4.81. The zero-order valence-corrected chi connectivity index (χ0v) is 19.0. The quantitative estimate of drug-likeness (QED) is 0.100. The Labute approximate surface area is 176 Å². The zero-order chi connectivity index (χ0) is 20.5. The van der Waals surface area contributed by atoms with Crippen molar-refractivity contribution in [2.24, 2.45) is 0 Å². The number of hydrogen-bond donors (Lipinski definition) is 3. The Hall–Kier alpha value is -0.380. The fourth-order valence-electron chi connectivity index (χ4n) is 3.61. The second-order valence-electron chi connectivity index (χ2n) is 8.39. The third-order valence-corrected chi connectivity index (χ3v) is 5.44. The molecule has 3 heteroatoms. The smallest absolute Gasteiger partial charge is 0.164 e. The molecule has 0 saturated heterocycles. The van der Waals surface area contributed by atoms with Crippen LogP contribution in [0.4, 0.5) is 0 Å². The molecule has 0 aliphatic heterocycles. The normalized spacial score (nSPS) is 11.9. The van der Waals surface area contributed by atoms with Gasteiger partial charge in [-0.25, -0.2) is 0 Å². The Morgan fingerprint density at radius 2 is 0.964 bits per heavy atom. The lowest BCUT2D eigenvalue weighted by Gasteiger charge is -2.06. The molecule has 0 aromatic rings. The van der Waals surface area contributed by atoms with Crippen LogP contribution >= 0.6 is 0 Å². The van der Waals surface area contributed by atoms with Crippen LogP contribution in [-0.4, -0.2) is 29.6 Å². The maximum atomic E-state index is 8.71. The lowest BCUT2D eigenvalue weighted by atomic mass is 10.0. The van der Waals surface area contributed by atoms with Crippen LogP contribution in [0.2, 0.25) is 0 Å². The van der Waals surface area contributed by atoms with Crippen LogP contribution in [0.5, 0.6) is 0 Å². The van der Waals surface area contributed by atoms with Crippen molar-refractivity contribution >= 4 is 0 Å². The monoisotopic (exact) mass is 397 g/mol. The molecule has 0 saturated carbocycles. The van der Waals surface area contributed by atoms with Crippen molar-refractivity contribution < 1.29 is 10.2 Å². The molecule has 168 valence electrons. The number of rotatable bonds is 23. The summed E-state index contributed by atoms with van der Waals surface area (Å²) in [4.78, 5) is 0. The van der Waals surface area contributed by atoms with Gasteiger partial charge in [-0.3, -0.25) is 0 Å². The number of allylic oxidation sites excluding steroid dienone is 2. The van der Waals surface area contributed by atoms with Gasteiger partial charge < -0.3 is 15.5 Å². The first-order valence-electron chi connectivity index (χ1n) is 12.5. The summed E-state index contributed by atoms with van der Waals surface area (Å²) < 4.78 is 0. The van der Waals surface area contributed by atoms with Crippen LogP contribution in [0, 0.1) is 0 Å². The van der Waals surface area contributed by atoms with Crippen LogP contribution in [0.1, 0.15) is 129 Å². The number of unbranched alkanes of at least 4 members (excludes halogenated alkanes) is 17. The molecule has 28 heavy (non-hydrogen) atoms. The Morgan fingerprint density at radius 1 is 0.571 bits per heavy atom. The number of aliphatic hydroxyl groups is 2. The molecular formula is C25H51NO2. The highest BCUT2D eigenvalue weighted by Gasteiger charge is 1.96. The van der Waals surface area contributed by atoms with E-state index in [1.165, 1.54) is 116 Å². The van der Waals surface area contributed by atoms with Crippen LogP contribution in [0.3, 0.4) is 0 Å². The van der Waals surface area contributed by atoms with Crippen LogP contribution in [0.15, 0.2) is 12.2 Å². The zero-order valence-electron chi connectivity index (χ0n) is 19.0. The molecule has 0 amide bonds. The van der Waals surface area contributed by atoms with Crippen LogP contribution < -0.4 is 5.32 Å². The van der Waals surface area contributed by atoms with Gasteiger partial charge in [0.15, 0.2) is 6.29 Å². The molecular weight excluding hydrogens is 346 g/mol. The van der Waals surface area contributed by atoms with Gasteiger partial charge in [0, 0.05) is 6.54 Å². The molecule has 0 spiro atoms. The van der Waals surface area contributed by atoms with Gasteiger partial charge in [0.05, 0.1) is 0 Å². The first-order chi connectivity index (χ1) is 13.8. The van der Waals surface area contributed by atoms with E-state index in [1.807, 2.05) is 0 Å². The van der Waals surface area contributed by atoms with Gasteiger partial charge in [-0.1, -0.05) is 109 Å². The summed E-state index contributed by atoms with van der Waals surface area (Å²) in [6.45, 7) is 3.46. The molecule has 0 rings (SSSR count). The van der Waals surface area contributed by atoms with Gasteiger partial charge in [-0.2, -0.15) is 0 Å². The van der Waals surface area contributed by atoms with Gasteiger partial charge in [0.2, 0.25) is 0 Å². The maximum Gasteiger partial charge on any atom is 0.164 e. The Balaban J connectivity index is 3.05. The molecule has 0 heterocycles. The molecule has 3 nitrogen and oxygen atoms in total. The summed E-state index contributed by atoms with van der Waals surface area (Å²) in [6.07, 6.45) is 29.4. The first kappa shape index (κ1) is 27.6. The Kier molecular flexibility index (Phi) is 24.3. The van der Waals surface area contributed by atoms with Gasteiger partial charge >= 0.3 is 0 Å². The second-order valence-corrected chi connectivity index (χ2v) is 8.39. The van der Waals surface area contributed by atoms with E-state index in [1.54, 1.807) is 0 Å². The third kappa shape index (κ3) is 25.6. The molecule has 0 bridgehead atoms. The lowest BCUT2D eigenvalue weighted by molar-refractivity contribution is -0.0370. The fourth-order valence-corrected chi connectivity index (χ4v) is 3.61. The maximum absolute atomic E-state index is 8.71. The summed E-state index contributed by atoms with van der Waals surface area (Å²) in [7, 11) is 0. The minimum atomic E-state index is -1.22. The first-order valence-corrected chi connectivity index (χ1v) is 12.5. The fraction of sp³-hybridized carbons (Fsp3) is 0.920. The molecule has 0 unspecified atom stereocenters. The molecule has 0 radical (unpaired) electrons. The lowest BCUT2D eigenvalue weighted by Crippen LogP contribution is -2.26. The summed E-state index contributed by atoms with van der Waals surface area (Å²) in [5, 5.41) is 20.5. The summed E-state index contributed by atoms with van der Waals surface area (Å²) in [6, 6.07) is 0. The van der Waals surface area contributed by atoms with Crippen LogP contribution in [-0.2, 0) is 0 Å². The van der Waals surface area contributed by atoms with E-state index >= 15 is 0 Å². The van der Waals surface area contributed by atoms with Crippen molar-refractivity contribution in [3.63, 3.8) is 0 Å². The topological polar surface area (TPSA) is 52.5 Å². The minimum absolute atomic E-state index is 0.287. The van der Waals surface area contributed by atoms with Gasteiger partial charge in [-0.05, 0) is 38.6 Å². The van der Waals surface area contributed by atoms with E-state index in [9.17, 15) is 0 Å². The van der Waals surface area contributed by atoms with Gasteiger partial charge in [0.1, 0.15) is 0 Å². The minimum Gasteiger partial charge on any atom is -0.367 e. The number of nitrogens with one attached hydrogen (secondary N) is 1. The van der Waals surface area contributed by atoms with Crippen molar-refractivity contribution in [3.8, 4) is 0 Å². The Morgan fingerprint density at radius 3 is 1.39 bits per heavy atom. The average Bonchev–Trinajstić information content (AvgIpc) is 2.68. The van der Waals surface area contributed by atoms with Crippen molar-refractivity contribution in [2.75, 3.05) is 13.1 Å². The van der Waals surface area contributed by atoms with Crippen molar-refractivity contribution in [1.82, 2.24) is 5.32 Å². The van der Waals surface area contributed by atoms with Gasteiger partial charge in [0.25, 0.3) is 0 Å². The molecule has 0 aromatic carbocycles. The predicted molar refractivity (Wildman–Crippen MR) is 124 cm³/mol. The Bertz CT molecular complexity index is 305. The second kappa shape index (κ2) is 24.7. The largest absolute Gasteiger partial charge is 0.367 e. The highest BCUT2D eigenvalue weighted by atomic mass is 16.5. The van der Waals surface area contributed by atoms with Gasteiger partial charge in [-0.15, -0.1) is 0 Å². The third-order valence-electron chi connectivity index (χ3n) is 5.44. The molecule has 0 aromatic heterocycles. The summed E-state index contributed by atoms with van der Waals surface area (Å²) in [5.74, 6) is 0. The van der Waals surface area contributed by atoms with Crippen molar-refractivity contribution in [1.29, 1.82) is 0 Å². The van der Waals surface area contributed by atoms with Crippen LogP contribution in [0.25, 0.3) is 0 Å². The van der Waals surface area contributed by atoms with Crippen molar-refractivity contribution in [2.45, 2.75) is 135 Å². The molecule has 0 atom stereocenters. The highest BCUT2D eigenvalue weighted by Crippen LogP contribution is 2.12. The summed E-state index contributed by atoms with van der Waals surface area (Å²) in [5.41, 5.74) is 0. The van der Waals surface area contributed by atoms with E-state index in [0.717, 1.165) is 13.0 Å². The number of aliphatic hydroxyl groups excluding tert-OH is 1. The van der Waals surface area contributed by atoms with E-state index < -0.39 is 6.29 Å². The molecule has 3 N–H and O–H groups in total. The standard InChI is InChI=1S/C25H51NO2/c1-2-3-4-5-6-7-8-9-10-11-12-13-14-15-16-17-18-19-20-21-22-23-26-24-25(27)28/h9-10,25-28H,2-8,11-24H2,1H3/b10-9-. The summed E-state index contributed by atoms with van der Waals surface area (Å²) >= 11 is 0. The van der Waals surface area contributed by atoms with E-state index in [4.69, 9.17) is 10.2 Å². The van der Waals surface area contributed by atoms with Crippen molar-refractivity contribution in [3.05, 3.63) is 12.2 Å².